The molecule has 0 aromatic carbocycles. The summed E-state index contributed by atoms with van der Waals surface area (Å²) in [5.41, 5.74) is 5.66. The Morgan fingerprint density at radius 3 is 2.89 bits per heavy atom. The van der Waals surface area contributed by atoms with E-state index in [-0.39, 0.29) is 6.04 Å². The molecule has 0 heterocycles. The zero-order chi connectivity index (χ0) is 6.69. The van der Waals surface area contributed by atoms with Gasteiger partial charge < -0.3 is 0 Å². The van der Waals surface area contributed by atoms with Crippen LogP contribution < -0.4 is 10.9 Å². The van der Waals surface area contributed by atoms with Crippen molar-refractivity contribution in [1.82, 2.24) is 10.9 Å². The molecule has 2 N–H and O–H groups in total. The van der Waals surface area contributed by atoms with Crippen molar-refractivity contribution in [3.8, 4) is 0 Å². The lowest BCUT2D eigenvalue weighted by molar-refractivity contribution is -0.119. The molecular formula is C6H12N2O. The first-order chi connectivity index (χ1) is 4.34. The molecular weight excluding hydrogens is 116 g/mol. The fourth-order valence-electron chi connectivity index (χ4n) is 1.14. The van der Waals surface area contributed by atoms with Crippen LogP contribution in [0.3, 0.4) is 0 Å². The monoisotopic (exact) mass is 128 g/mol. The van der Waals surface area contributed by atoms with Gasteiger partial charge in [-0.15, -0.1) is 0 Å². The van der Waals surface area contributed by atoms with Crippen LogP contribution in [0.5, 0.6) is 0 Å². The minimum Gasteiger partial charge on any atom is -0.298 e. The molecule has 0 aromatic heterocycles. The Kier molecular flexibility index (Phi) is 2.19. The van der Waals surface area contributed by atoms with E-state index < -0.39 is 0 Å². The number of Topliss-reactive ketones (excluding diaryl/α,β-unsaturated/α-hetero) is 1. The lowest BCUT2D eigenvalue weighted by Gasteiger charge is -2.07. The summed E-state index contributed by atoms with van der Waals surface area (Å²) in [6.45, 7) is 0. The van der Waals surface area contributed by atoms with Crippen LogP contribution in [0.1, 0.15) is 19.3 Å². The third kappa shape index (κ3) is 1.50. The van der Waals surface area contributed by atoms with Gasteiger partial charge in [0.15, 0.2) is 5.78 Å². The fourth-order valence-corrected chi connectivity index (χ4v) is 1.14. The molecule has 0 spiro atoms. The fraction of sp³-hybridized carbons (Fsp3) is 0.833. The van der Waals surface area contributed by atoms with Crippen molar-refractivity contribution in [2.45, 2.75) is 25.3 Å². The Balaban J connectivity index is 2.31. The van der Waals surface area contributed by atoms with E-state index in [1.54, 1.807) is 7.05 Å². The Morgan fingerprint density at radius 2 is 2.44 bits per heavy atom. The first-order valence-electron chi connectivity index (χ1n) is 3.29. The Morgan fingerprint density at radius 1 is 1.67 bits per heavy atom. The molecule has 3 nitrogen and oxygen atoms in total. The second kappa shape index (κ2) is 2.94. The van der Waals surface area contributed by atoms with Crippen LogP contribution in [0.2, 0.25) is 0 Å². The lowest BCUT2D eigenvalue weighted by Crippen LogP contribution is -2.40. The maximum atomic E-state index is 10.9. The highest BCUT2D eigenvalue weighted by Gasteiger charge is 2.22. The number of nitrogens with one attached hydrogen (secondary N) is 2. The van der Waals surface area contributed by atoms with Crippen LogP contribution in [0, 0.1) is 0 Å². The van der Waals surface area contributed by atoms with Gasteiger partial charge in [-0.3, -0.25) is 10.2 Å². The zero-order valence-electron chi connectivity index (χ0n) is 5.61. The average molecular weight is 128 g/mol. The second-order valence-electron chi connectivity index (χ2n) is 2.31. The van der Waals surface area contributed by atoms with Crippen molar-refractivity contribution in [3.63, 3.8) is 0 Å². The van der Waals surface area contributed by atoms with E-state index >= 15 is 0 Å². The number of ketones is 1. The quantitative estimate of drug-likeness (QED) is 0.507. The highest BCUT2D eigenvalue weighted by molar-refractivity contribution is 5.85. The topological polar surface area (TPSA) is 41.1 Å². The minimum atomic E-state index is 0.0787. The van der Waals surface area contributed by atoms with E-state index in [9.17, 15) is 4.79 Å². The van der Waals surface area contributed by atoms with E-state index in [1.807, 2.05) is 0 Å². The number of carbonyl (C=O) groups excluding carboxylic acids is 1. The molecule has 0 radical (unpaired) electrons. The average Bonchev–Trinajstić information content (AvgIpc) is 2.18. The summed E-state index contributed by atoms with van der Waals surface area (Å²) in [5.74, 6) is 0.337. The van der Waals surface area contributed by atoms with Crippen LogP contribution in [0.25, 0.3) is 0 Å². The van der Waals surface area contributed by atoms with Gasteiger partial charge in [-0.2, -0.15) is 0 Å². The molecule has 0 amide bonds. The van der Waals surface area contributed by atoms with Gasteiger partial charge in [-0.25, -0.2) is 5.43 Å². The van der Waals surface area contributed by atoms with Crippen molar-refractivity contribution in [1.29, 1.82) is 0 Å². The van der Waals surface area contributed by atoms with Gasteiger partial charge in [-0.1, -0.05) is 0 Å². The van der Waals surface area contributed by atoms with Gasteiger partial charge in [0.25, 0.3) is 0 Å². The number of hydrogen-bond donors (Lipinski definition) is 2. The van der Waals surface area contributed by atoms with E-state index in [1.165, 1.54) is 0 Å². The molecule has 0 aromatic rings. The summed E-state index contributed by atoms with van der Waals surface area (Å²) in [5, 5.41) is 0. The molecule has 0 aliphatic heterocycles. The van der Waals surface area contributed by atoms with Gasteiger partial charge in [0.2, 0.25) is 0 Å². The van der Waals surface area contributed by atoms with Crippen molar-refractivity contribution in [3.05, 3.63) is 0 Å². The van der Waals surface area contributed by atoms with Crippen LogP contribution in [0.15, 0.2) is 0 Å². The van der Waals surface area contributed by atoms with Crippen molar-refractivity contribution < 1.29 is 4.79 Å². The third-order valence-electron chi connectivity index (χ3n) is 1.62. The van der Waals surface area contributed by atoms with Crippen LogP contribution in [-0.2, 0) is 4.79 Å². The van der Waals surface area contributed by atoms with Crippen LogP contribution in [0.4, 0.5) is 0 Å². The molecule has 1 rings (SSSR count). The van der Waals surface area contributed by atoms with Crippen LogP contribution in [-0.4, -0.2) is 18.9 Å². The normalized spacial score (nSPS) is 27.2. The smallest absolute Gasteiger partial charge is 0.151 e. The number of carbonyl (C=O) groups is 1. The molecule has 1 atom stereocenters. The molecule has 0 saturated heterocycles. The molecule has 9 heavy (non-hydrogen) atoms. The molecule has 1 unspecified atom stereocenters. The van der Waals surface area contributed by atoms with Gasteiger partial charge in [0.05, 0.1) is 6.04 Å². The molecule has 1 aliphatic carbocycles. The number of hydrogen-bond acceptors (Lipinski definition) is 3. The minimum absolute atomic E-state index is 0.0787. The predicted molar refractivity (Wildman–Crippen MR) is 34.8 cm³/mol. The van der Waals surface area contributed by atoms with Gasteiger partial charge >= 0.3 is 0 Å². The SMILES string of the molecule is CNNC1CCCC1=O. The van der Waals surface area contributed by atoms with Gasteiger partial charge in [-0.05, 0) is 19.9 Å². The first kappa shape index (κ1) is 6.71. The summed E-state index contributed by atoms with van der Waals surface area (Å²) in [6, 6.07) is 0.0787. The van der Waals surface area contributed by atoms with Crippen molar-refractivity contribution in [2.75, 3.05) is 7.05 Å². The maximum Gasteiger partial charge on any atom is 0.151 e. The van der Waals surface area contributed by atoms with Crippen LogP contribution >= 0.6 is 0 Å². The third-order valence-corrected chi connectivity index (χ3v) is 1.62. The lowest BCUT2D eigenvalue weighted by atomic mass is 10.2. The molecule has 1 saturated carbocycles. The van der Waals surface area contributed by atoms with Crippen molar-refractivity contribution >= 4 is 5.78 Å². The van der Waals surface area contributed by atoms with E-state index in [0.29, 0.717) is 5.78 Å². The Bertz CT molecular complexity index is 114. The summed E-state index contributed by atoms with van der Waals surface area (Å²) in [6.07, 6.45) is 2.78. The Hall–Kier alpha value is -0.410. The van der Waals surface area contributed by atoms with E-state index in [0.717, 1.165) is 19.3 Å². The molecule has 52 valence electrons. The summed E-state index contributed by atoms with van der Waals surface area (Å²) >= 11 is 0. The Labute approximate surface area is 54.8 Å². The largest absolute Gasteiger partial charge is 0.298 e. The zero-order valence-corrected chi connectivity index (χ0v) is 5.61. The van der Waals surface area contributed by atoms with E-state index in [4.69, 9.17) is 0 Å². The summed E-state index contributed by atoms with van der Waals surface area (Å²) in [4.78, 5) is 10.9. The highest BCUT2D eigenvalue weighted by Crippen LogP contribution is 2.12. The summed E-state index contributed by atoms with van der Waals surface area (Å²) in [7, 11) is 1.78. The molecule has 1 aliphatic rings. The predicted octanol–water partition coefficient (Wildman–Crippen LogP) is -0.168. The van der Waals surface area contributed by atoms with Gasteiger partial charge in [0, 0.05) is 6.42 Å². The highest BCUT2D eigenvalue weighted by atomic mass is 16.1. The molecule has 3 heteroatoms. The van der Waals surface area contributed by atoms with Crippen molar-refractivity contribution in [2.24, 2.45) is 0 Å². The first-order valence-corrected chi connectivity index (χ1v) is 3.29. The van der Waals surface area contributed by atoms with Gasteiger partial charge in [0.1, 0.15) is 0 Å². The number of rotatable bonds is 2. The maximum absolute atomic E-state index is 10.9. The standard InChI is InChI=1S/C6H12N2O/c1-7-8-5-3-2-4-6(5)9/h5,7-8H,2-4H2,1H3. The molecule has 1 fully saturated rings. The molecule has 0 bridgehead atoms. The van der Waals surface area contributed by atoms with E-state index in [2.05, 4.69) is 10.9 Å². The summed E-state index contributed by atoms with van der Waals surface area (Å²) < 4.78 is 0. The number of hydrazine groups is 1. The second-order valence-corrected chi connectivity index (χ2v) is 2.31.